The molecule has 0 bridgehead atoms. The fourth-order valence-electron chi connectivity index (χ4n) is 3.27. The molecule has 0 spiro atoms. The van der Waals surface area contributed by atoms with Crippen molar-refractivity contribution in [2.24, 2.45) is 11.8 Å². The molecule has 1 aliphatic heterocycles. The van der Waals surface area contributed by atoms with Crippen LogP contribution in [0, 0.1) is 11.8 Å². The Hall–Kier alpha value is -1.89. The molecule has 1 aliphatic rings. The first-order valence-electron chi connectivity index (χ1n) is 9.77. The van der Waals surface area contributed by atoms with Gasteiger partial charge in [-0.05, 0) is 43.6 Å². The van der Waals surface area contributed by atoms with Gasteiger partial charge in [-0.25, -0.2) is 0 Å². The summed E-state index contributed by atoms with van der Waals surface area (Å²) in [7, 11) is 0. The van der Waals surface area contributed by atoms with Crippen molar-refractivity contribution in [1.29, 1.82) is 0 Å². The number of hydrogen-bond donors (Lipinski definition) is 2. The number of likely N-dealkylation sites (tertiary alicyclic amines) is 1. The van der Waals surface area contributed by atoms with E-state index >= 15 is 0 Å². The molecule has 3 amide bonds. The second kappa shape index (κ2) is 9.88. The van der Waals surface area contributed by atoms with Crippen molar-refractivity contribution in [3.63, 3.8) is 0 Å². The molecule has 2 N–H and O–H groups in total. The number of carbonyl (C=O) groups is 3. The number of hydrogen-bond acceptors (Lipinski definition) is 4. The van der Waals surface area contributed by atoms with E-state index in [1.54, 1.807) is 6.07 Å². The van der Waals surface area contributed by atoms with Crippen molar-refractivity contribution < 1.29 is 14.4 Å². The second-order valence-corrected chi connectivity index (χ2v) is 8.51. The van der Waals surface area contributed by atoms with E-state index in [4.69, 9.17) is 0 Å². The second-order valence-electron chi connectivity index (χ2n) is 7.56. The van der Waals surface area contributed by atoms with Gasteiger partial charge in [-0.15, -0.1) is 11.3 Å². The van der Waals surface area contributed by atoms with Crippen LogP contribution in [0.1, 0.15) is 56.6 Å². The summed E-state index contributed by atoms with van der Waals surface area (Å²) in [6.45, 7) is 9.03. The standard InChI is InChI=1S/C20H31N3O3S/c1-5-14(4)21-19(25)17(22-18(24)16-7-6-12-27-16)15-8-10-23(11-9-15)20(26)13(2)3/h6-7,12-15,17H,5,8-11H2,1-4H3,(H,21,25)(H,22,24)/t14-,17-/m0/s1. The summed E-state index contributed by atoms with van der Waals surface area (Å²) in [5, 5.41) is 7.79. The maximum absolute atomic E-state index is 12.8. The van der Waals surface area contributed by atoms with Crippen LogP contribution in [0.3, 0.4) is 0 Å². The quantitative estimate of drug-likeness (QED) is 0.747. The Morgan fingerprint density at radius 1 is 1.19 bits per heavy atom. The van der Waals surface area contributed by atoms with E-state index in [0.717, 1.165) is 6.42 Å². The molecule has 7 heteroatoms. The molecule has 1 aromatic heterocycles. The fourth-order valence-corrected chi connectivity index (χ4v) is 3.90. The minimum absolute atomic E-state index is 0.0224. The van der Waals surface area contributed by atoms with Crippen LogP contribution in [0.4, 0.5) is 0 Å². The normalized spacial score (nSPS) is 17.4. The van der Waals surface area contributed by atoms with Crippen molar-refractivity contribution >= 4 is 29.1 Å². The summed E-state index contributed by atoms with van der Waals surface area (Å²) >= 11 is 1.36. The molecule has 150 valence electrons. The van der Waals surface area contributed by atoms with Crippen molar-refractivity contribution in [2.45, 2.75) is 59.0 Å². The maximum Gasteiger partial charge on any atom is 0.262 e. The molecule has 0 unspecified atom stereocenters. The van der Waals surface area contributed by atoms with Gasteiger partial charge in [0, 0.05) is 25.0 Å². The van der Waals surface area contributed by atoms with Crippen LogP contribution in [0.15, 0.2) is 17.5 Å². The summed E-state index contributed by atoms with van der Waals surface area (Å²) in [4.78, 5) is 40.0. The lowest BCUT2D eigenvalue weighted by atomic mass is 9.88. The van der Waals surface area contributed by atoms with Gasteiger partial charge in [-0.1, -0.05) is 26.8 Å². The predicted molar refractivity (Wildman–Crippen MR) is 108 cm³/mol. The molecule has 2 atom stereocenters. The third-order valence-electron chi connectivity index (χ3n) is 5.13. The van der Waals surface area contributed by atoms with Gasteiger partial charge in [0.25, 0.3) is 5.91 Å². The maximum atomic E-state index is 12.8. The van der Waals surface area contributed by atoms with Gasteiger partial charge in [-0.3, -0.25) is 14.4 Å². The number of amides is 3. The molecule has 2 rings (SSSR count). The van der Waals surface area contributed by atoms with Crippen LogP contribution < -0.4 is 10.6 Å². The highest BCUT2D eigenvalue weighted by Gasteiger charge is 2.34. The van der Waals surface area contributed by atoms with Crippen molar-refractivity contribution in [2.75, 3.05) is 13.1 Å². The zero-order valence-electron chi connectivity index (χ0n) is 16.7. The van der Waals surface area contributed by atoms with Crippen LogP contribution in [0.2, 0.25) is 0 Å². The first-order chi connectivity index (χ1) is 12.8. The van der Waals surface area contributed by atoms with Crippen LogP contribution in [-0.2, 0) is 9.59 Å². The minimum atomic E-state index is -0.579. The van der Waals surface area contributed by atoms with E-state index in [1.807, 2.05) is 44.0 Å². The third kappa shape index (κ3) is 5.79. The Morgan fingerprint density at radius 2 is 1.85 bits per heavy atom. The monoisotopic (exact) mass is 393 g/mol. The zero-order valence-corrected chi connectivity index (χ0v) is 17.5. The van der Waals surface area contributed by atoms with E-state index in [-0.39, 0.29) is 35.6 Å². The number of nitrogens with one attached hydrogen (secondary N) is 2. The molecule has 2 heterocycles. The van der Waals surface area contributed by atoms with Gasteiger partial charge in [0.2, 0.25) is 11.8 Å². The number of piperidine rings is 1. The molecule has 0 aromatic carbocycles. The van der Waals surface area contributed by atoms with Crippen molar-refractivity contribution in [3.8, 4) is 0 Å². The molecule has 0 radical (unpaired) electrons. The number of nitrogens with zero attached hydrogens (tertiary/aromatic N) is 1. The van der Waals surface area contributed by atoms with E-state index in [1.165, 1.54) is 11.3 Å². The number of thiophene rings is 1. The predicted octanol–water partition coefficient (Wildman–Crippen LogP) is 2.66. The molecule has 1 aromatic rings. The van der Waals surface area contributed by atoms with E-state index in [0.29, 0.717) is 30.8 Å². The van der Waals surface area contributed by atoms with Gasteiger partial charge in [0.05, 0.1) is 4.88 Å². The Kier molecular flexibility index (Phi) is 7.83. The largest absolute Gasteiger partial charge is 0.352 e. The average molecular weight is 394 g/mol. The van der Waals surface area contributed by atoms with E-state index in [2.05, 4.69) is 10.6 Å². The molecule has 27 heavy (non-hydrogen) atoms. The van der Waals surface area contributed by atoms with Crippen LogP contribution in [0.25, 0.3) is 0 Å². The number of carbonyl (C=O) groups excluding carboxylic acids is 3. The van der Waals surface area contributed by atoms with Crippen LogP contribution in [-0.4, -0.2) is 47.8 Å². The summed E-state index contributed by atoms with van der Waals surface area (Å²) in [6, 6.07) is 3.06. The van der Waals surface area contributed by atoms with Crippen LogP contribution >= 0.6 is 11.3 Å². The van der Waals surface area contributed by atoms with Gasteiger partial charge in [-0.2, -0.15) is 0 Å². The molecule has 0 saturated carbocycles. The van der Waals surface area contributed by atoms with Gasteiger partial charge >= 0.3 is 0 Å². The molecule has 1 fully saturated rings. The van der Waals surface area contributed by atoms with Gasteiger partial charge in [0.1, 0.15) is 6.04 Å². The van der Waals surface area contributed by atoms with Crippen LogP contribution in [0.5, 0.6) is 0 Å². The highest BCUT2D eigenvalue weighted by atomic mass is 32.1. The Balaban J connectivity index is 2.06. The highest BCUT2D eigenvalue weighted by molar-refractivity contribution is 7.12. The van der Waals surface area contributed by atoms with E-state index < -0.39 is 6.04 Å². The Labute approximate surface area is 165 Å². The van der Waals surface area contributed by atoms with Gasteiger partial charge in [0.15, 0.2) is 0 Å². The molecule has 6 nitrogen and oxygen atoms in total. The minimum Gasteiger partial charge on any atom is -0.352 e. The Bertz CT molecular complexity index is 637. The summed E-state index contributed by atoms with van der Waals surface area (Å²) in [5.74, 6) is -0.201. The fraction of sp³-hybridized carbons (Fsp3) is 0.650. The third-order valence-corrected chi connectivity index (χ3v) is 6.00. The molecule has 0 aliphatic carbocycles. The lowest BCUT2D eigenvalue weighted by Crippen LogP contribution is -2.55. The summed E-state index contributed by atoms with van der Waals surface area (Å²) in [5.41, 5.74) is 0. The average Bonchev–Trinajstić information content (AvgIpc) is 3.20. The first kappa shape index (κ1) is 21.4. The molecular formula is C20H31N3O3S. The summed E-state index contributed by atoms with van der Waals surface area (Å²) in [6.07, 6.45) is 2.25. The lowest BCUT2D eigenvalue weighted by Gasteiger charge is -2.36. The first-order valence-corrected chi connectivity index (χ1v) is 10.6. The topological polar surface area (TPSA) is 78.5 Å². The van der Waals surface area contributed by atoms with Crippen molar-refractivity contribution in [3.05, 3.63) is 22.4 Å². The summed E-state index contributed by atoms with van der Waals surface area (Å²) < 4.78 is 0. The molecule has 1 saturated heterocycles. The SMILES string of the molecule is CC[C@H](C)NC(=O)[C@@H](NC(=O)c1cccs1)C1CCN(C(=O)C(C)C)CC1. The lowest BCUT2D eigenvalue weighted by molar-refractivity contribution is -0.136. The highest BCUT2D eigenvalue weighted by Crippen LogP contribution is 2.23. The number of rotatable bonds is 7. The van der Waals surface area contributed by atoms with Gasteiger partial charge < -0.3 is 15.5 Å². The zero-order chi connectivity index (χ0) is 20.0. The Morgan fingerprint density at radius 3 is 2.37 bits per heavy atom. The smallest absolute Gasteiger partial charge is 0.262 e. The molecular weight excluding hydrogens is 362 g/mol. The van der Waals surface area contributed by atoms with E-state index in [9.17, 15) is 14.4 Å². The van der Waals surface area contributed by atoms with Crippen molar-refractivity contribution in [1.82, 2.24) is 15.5 Å².